The first-order valence-electron chi connectivity index (χ1n) is 6.59. The quantitative estimate of drug-likeness (QED) is 0.757. The highest BCUT2D eigenvalue weighted by Crippen LogP contribution is 2.33. The van der Waals surface area contributed by atoms with Crippen LogP contribution in [0.5, 0.6) is 0 Å². The SMILES string of the molecule is Cc1nc(NC2(CN)CCC(C)CC2)cc(=O)[nH]1. The van der Waals surface area contributed by atoms with Gasteiger partial charge in [-0.3, -0.25) is 4.79 Å². The number of aromatic amines is 1. The molecule has 0 atom stereocenters. The zero-order valence-electron chi connectivity index (χ0n) is 11.1. The zero-order valence-corrected chi connectivity index (χ0v) is 11.1. The lowest BCUT2D eigenvalue weighted by atomic mass is 9.77. The van der Waals surface area contributed by atoms with Gasteiger partial charge in [0.15, 0.2) is 0 Å². The van der Waals surface area contributed by atoms with E-state index in [0.717, 1.165) is 18.8 Å². The second-order valence-electron chi connectivity index (χ2n) is 5.51. The summed E-state index contributed by atoms with van der Waals surface area (Å²) < 4.78 is 0. The molecule has 1 saturated carbocycles. The topological polar surface area (TPSA) is 83.8 Å². The van der Waals surface area contributed by atoms with E-state index in [4.69, 9.17) is 5.73 Å². The molecule has 0 bridgehead atoms. The summed E-state index contributed by atoms with van der Waals surface area (Å²) in [7, 11) is 0. The van der Waals surface area contributed by atoms with Crippen molar-refractivity contribution in [2.45, 2.75) is 45.1 Å². The van der Waals surface area contributed by atoms with Gasteiger partial charge in [0.05, 0.1) is 5.54 Å². The average molecular weight is 250 g/mol. The lowest BCUT2D eigenvalue weighted by molar-refractivity contribution is 0.271. The molecule has 5 heteroatoms. The van der Waals surface area contributed by atoms with Crippen LogP contribution in [0, 0.1) is 12.8 Å². The summed E-state index contributed by atoms with van der Waals surface area (Å²) in [6.07, 6.45) is 4.43. The van der Waals surface area contributed by atoms with Gasteiger partial charge in [-0.15, -0.1) is 0 Å². The van der Waals surface area contributed by atoms with E-state index in [2.05, 4.69) is 22.2 Å². The maximum atomic E-state index is 11.4. The Bertz CT molecular complexity index is 460. The number of H-pyrrole nitrogens is 1. The Morgan fingerprint density at radius 1 is 1.56 bits per heavy atom. The van der Waals surface area contributed by atoms with E-state index in [1.807, 2.05) is 0 Å². The fraction of sp³-hybridized carbons (Fsp3) is 0.692. The summed E-state index contributed by atoms with van der Waals surface area (Å²) in [5.41, 5.74) is 5.71. The number of hydrogen-bond donors (Lipinski definition) is 3. The standard InChI is InChI=1S/C13H22N4O/c1-9-3-5-13(8-14,6-4-9)17-11-7-12(18)16-10(2)15-11/h7,9H,3-6,8,14H2,1-2H3,(H2,15,16,17,18). The molecule has 1 aromatic heterocycles. The first kappa shape index (κ1) is 13.1. The molecule has 1 heterocycles. The molecule has 1 aliphatic carbocycles. The van der Waals surface area contributed by atoms with Crippen molar-refractivity contribution in [2.75, 3.05) is 11.9 Å². The van der Waals surface area contributed by atoms with Crippen molar-refractivity contribution in [2.24, 2.45) is 11.7 Å². The van der Waals surface area contributed by atoms with E-state index >= 15 is 0 Å². The zero-order chi connectivity index (χ0) is 13.2. The Hall–Kier alpha value is -1.36. The minimum absolute atomic E-state index is 0.0975. The Morgan fingerprint density at radius 2 is 2.22 bits per heavy atom. The predicted molar refractivity (Wildman–Crippen MR) is 72.6 cm³/mol. The summed E-state index contributed by atoms with van der Waals surface area (Å²) in [4.78, 5) is 18.4. The summed E-state index contributed by atoms with van der Waals surface area (Å²) >= 11 is 0. The maximum absolute atomic E-state index is 11.4. The second kappa shape index (κ2) is 5.10. The Balaban J connectivity index is 2.17. The van der Waals surface area contributed by atoms with Crippen molar-refractivity contribution in [3.8, 4) is 0 Å². The summed E-state index contributed by atoms with van der Waals surface area (Å²) in [5.74, 6) is 2.03. The van der Waals surface area contributed by atoms with Crippen LogP contribution >= 0.6 is 0 Å². The highest BCUT2D eigenvalue weighted by Gasteiger charge is 2.33. The third-order valence-electron chi connectivity index (χ3n) is 3.88. The lowest BCUT2D eigenvalue weighted by Crippen LogP contribution is -2.48. The maximum Gasteiger partial charge on any atom is 0.252 e. The second-order valence-corrected chi connectivity index (χ2v) is 5.51. The van der Waals surface area contributed by atoms with Crippen molar-refractivity contribution >= 4 is 5.82 Å². The third-order valence-corrected chi connectivity index (χ3v) is 3.88. The molecular weight excluding hydrogens is 228 g/mol. The van der Waals surface area contributed by atoms with Crippen LogP contribution in [0.3, 0.4) is 0 Å². The van der Waals surface area contributed by atoms with Gasteiger partial charge in [-0.1, -0.05) is 6.92 Å². The van der Waals surface area contributed by atoms with Gasteiger partial charge < -0.3 is 16.0 Å². The fourth-order valence-corrected chi connectivity index (χ4v) is 2.61. The van der Waals surface area contributed by atoms with Gasteiger partial charge in [0.1, 0.15) is 11.6 Å². The van der Waals surface area contributed by atoms with Crippen LogP contribution in [-0.2, 0) is 0 Å². The van der Waals surface area contributed by atoms with E-state index < -0.39 is 0 Å². The summed E-state index contributed by atoms with van der Waals surface area (Å²) in [5, 5.41) is 3.39. The van der Waals surface area contributed by atoms with Crippen LogP contribution < -0.4 is 16.6 Å². The van der Waals surface area contributed by atoms with Crippen molar-refractivity contribution in [3.05, 3.63) is 22.2 Å². The van der Waals surface area contributed by atoms with Crippen LogP contribution in [0.25, 0.3) is 0 Å². The first-order chi connectivity index (χ1) is 8.53. The highest BCUT2D eigenvalue weighted by molar-refractivity contribution is 5.37. The van der Waals surface area contributed by atoms with E-state index in [9.17, 15) is 4.79 Å². The summed E-state index contributed by atoms with van der Waals surface area (Å²) in [6.45, 7) is 4.63. The molecular formula is C13H22N4O. The number of anilines is 1. The monoisotopic (exact) mass is 250 g/mol. The Labute approximate surface area is 107 Å². The number of nitrogens with one attached hydrogen (secondary N) is 2. The van der Waals surface area contributed by atoms with Crippen LogP contribution in [-0.4, -0.2) is 22.1 Å². The minimum Gasteiger partial charge on any atom is -0.363 e. The van der Waals surface area contributed by atoms with Crippen LogP contribution in [0.4, 0.5) is 5.82 Å². The van der Waals surface area contributed by atoms with Gasteiger partial charge in [0, 0.05) is 12.6 Å². The van der Waals surface area contributed by atoms with Gasteiger partial charge in [-0.25, -0.2) is 4.98 Å². The van der Waals surface area contributed by atoms with Gasteiger partial charge in [0.25, 0.3) is 5.56 Å². The molecule has 5 nitrogen and oxygen atoms in total. The molecule has 18 heavy (non-hydrogen) atoms. The molecule has 0 amide bonds. The van der Waals surface area contributed by atoms with Crippen molar-refractivity contribution < 1.29 is 0 Å². The van der Waals surface area contributed by atoms with Gasteiger partial charge in [0.2, 0.25) is 0 Å². The molecule has 0 aromatic carbocycles. The van der Waals surface area contributed by atoms with Crippen LogP contribution in [0.15, 0.2) is 10.9 Å². The van der Waals surface area contributed by atoms with E-state index in [1.165, 1.54) is 18.9 Å². The number of nitrogens with zero attached hydrogens (tertiary/aromatic N) is 1. The van der Waals surface area contributed by atoms with E-state index in [0.29, 0.717) is 18.2 Å². The number of aryl methyl sites for hydroxylation is 1. The van der Waals surface area contributed by atoms with Crippen molar-refractivity contribution in [3.63, 3.8) is 0 Å². The molecule has 0 spiro atoms. The fourth-order valence-electron chi connectivity index (χ4n) is 2.61. The average Bonchev–Trinajstić information content (AvgIpc) is 2.31. The molecule has 4 N–H and O–H groups in total. The van der Waals surface area contributed by atoms with Crippen LogP contribution in [0.2, 0.25) is 0 Å². The van der Waals surface area contributed by atoms with Crippen molar-refractivity contribution in [1.29, 1.82) is 0 Å². The van der Waals surface area contributed by atoms with Gasteiger partial charge >= 0.3 is 0 Å². The van der Waals surface area contributed by atoms with Gasteiger partial charge in [-0.05, 0) is 38.5 Å². The Morgan fingerprint density at radius 3 is 2.78 bits per heavy atom. The molecule has 100 valence electrons. The van der Waals surface area contributed by atoms with E-state index in [1.54, 1.807) is 6.92 Å². The van der Waals surface area contributed by atoms with Gasteiger partial charge in [-0.2, -0.15) is 0 Å². The van der Waals surface area contributed by atoms with Crippen LogP contribution in [0.1, 0.15) is 38.4 Å². The molecule has 0 radical (unpaired) electrons. The molecule has 0 saturated heterocycles. The molecule has 2 rings (SSSR count). The highest BCUT2D eigenvalue weighted by atomic mass is 16.1. The van der Waals surface area contributed by atoms with E-state index in [-0.39, 0.29) is 11.1 Å². The lowest BCUT2D eigenvalue weighted by Gasteiger charge is -2.39. The number of rotatable bonds is 3. The molecule has 1 fully saturated rings. The number of hydrogen-bond acceptors (Lipinski definition) is 4. The molecule has 1 aliphatic rings. The normalized spacial score (nSPS) is 28.1. The molecule has 0 aliphatic heterocycles. The molecule has 0 unspecified atom stereocenters. The molecule has 1 aromatic rings. The predicted octanol–water partition coefficient (Wildman–Crippen LogP) is 1.40. The van der Waals surface area contributed by atoms with Crippen molar-refractivity contribution in [1.82, 2.24) is 9.97 Å². The smallest absolute Gasteiger partial charge is 0.252 e. The number of aromatic nitrogens is 2. The Kier molecular flexibility index (Phi) is 3.71. The number of nitrogens with two attached hydrogens (primary N) is 1. The minimum atomic E-state index is -0.124. The largest absolute Gasteiger partial charge is 0.363 e. The first-order valence-corrected chi connectivity index (χ1v) is 6.59. The summed E-state index contributed by atoms with van der Waals surface area (Å²) in [6, 6.07) is 1.50. The third kappa shape index (κ3) is 2.90.